The van der Waals surface area contributed by atoms with Crippen LogP contribution in [0.4, 0.5) is 5.69 Å². The van der Waals surface area contributed by atoms with E-state index in [-0.39, 0.29) is 17.8 Å². The van der Waals surface area contributed by atoms with Crippen LogP contribution in [0.25, 0.3) is 0 Å². The predicted octanol–water partition coefficient (Wildman–Crippen LogP) is 1.74. The van der Waals surface area contributed by atoms with Gasteiger partial charge in [-0.05, 0) is 12.8 Å². The van der Waals surface area contributed by atoms with Crippen LogP contribution in [-0.2, 0) is 11.3 Å². The summed E-state index contributed by atoms with van der Waals surface area (Å²) in [6.45, 7) is 4.00. The summed E-state index contributed by atoms with van der Waals surface area (Å²) < 4.78 is 1.49. The topological polar surface area (TPSA) is 106 Å². The minimum absolute atomic E-state index is 0.130. The van der Waals surface area contributed by atoms with Gasteiger partial charge in [0.15, 0.2) is 0 Å². The summed E-state index contributed by atoms with van der Waals surface area (Å²) in [4.78, 5) is 34.9. The van der Waals surface area contributed by atoms with Crippen molar-refractivity contribution >= 4 is 17.6 Å². The van der Waals surface area contributed by atoms with E-state index in [4.69, 9.17) is 5.11 Å². The van der Waals surface area contributed by atoms with Crippen molar-refractivity contribution in [2.45, 2.75) is 39.3 Å². The van der Waals surface area contributed by atoms with Gasteiger partial charge in [-0.25, -0.2) is 4.79 Å². The van der Waals surface area contributed by atoms with Crippen molar-refractivity contribution < 1.29 is 19.6 Å². The van der Waals surface area contributed by atoms with Gasteiger partial charge in [0.2, 0.25) is 0 Å². The molecule has 1 aromatic heterocycles. The zero-order chi connectivity index (χ0) is 16.2. The van der Waals surface area contributed by atoms with Crippen molar-refractivity contribution in [3.05, 3.63) is 28.1 Å². The van der Waals surface area contributed by atoms with E-state index >= 15 is 0 Å². The van der Waals surface area contributed by atoms with Crippen LogP contribution in [0.3, 0.4) is 0 Å². The summed E-state index contributed by atoms with van der Waals surface area (Å²) in [6.07, 6.45) is 2.26. The third kappa shape index (κ3) is 3.59. The molecule has 1 N–H and O–H groups in total. The second kappa shape index (κ2) is 6.87. The van der Waals surface area contributed by atoms with Crippen LogP contribution in [0.2, 0.25) is 0 Å². The highest BCUT2D eigenvalue weighted by molar-refractivity contribution is 5.95. The van der Waals surface area contributed by atoms with Crippen LogP contribution >= 0.6 is 0 Å². The fourth-order valence-corrected chi connectivity index (χ4v) is 2.14. The van der Waals surface area contributed by atoms with Crippen LogP contribution < -0.4 is 0 Å². The summed E-state index contributed by atoms with van der Waals surface area (Å²) in [6, 6.07) is 0.227. The Balaban J connectivity index is 3.15. The third-order valence-corrected chi connectivity index (χ3v) is 3.24. The van der Waals surface area contributed by atoms with Gasteiger partial charge in [0.05, 0.1) is 11.1 Å². The number of carbonyl (C=O) groups excluding carboxylic acids is 1. The first-order valence-electron chi connectivity index (χ1n) is 6.67. The summed E-state index contributed by atoms with van der Waals surface area (Å²) in [5.74, 6) is -1.64. The van der Waals surface area contributed by atoms with Gasteiger partial charge < -0.3 is 14.6 Å². The molecule has 1 heterocycles. The lowest BCUT2D eigenvalue weighted by molar-refractivity contribution is -0.384. The number of hydrogen-bond donors (Lipinski definition) is 1. The number of aliphatic carboxylic acids is 1. The van der Waals surface area contributed by atoms with E-state index in [1.165, 1.54) is 23.9 Å². The van der Waals surface area contributed by atoms with Gasteiger partial charge in [0.1, 0.15) is 11.7 Å². The largest absolute Gasteiger partial charge is 0.480 e. The molecule has 0 radical (unpaired) electrons. The molecule has 0 fully saturated rings. The molecule has 1 atom stereocenters. The van der Waals surface area contributed by atoms with Gasteiger partial charge in [0.25, 0.3) is 11.6 Å². The average molecular weight is 297 g/mol. The second-order valence-corrected chi connectivity index (χ2v) is 4.71. The lowest BCUT2D eigenvalue weighted by Gasteiger charge is -2.24. The quantitative estimate of drug-likeness (QED) is 0.609. The van der Waals surface area contributed by atoms with Crippen molar-refractivity contribution in [2.24, 2.45) is 0 Å². The third-order valence-electron chi connectivity index (χ3n) is 3.24. The molecule has 0 aliphatic carbocycles. The van der Waals surface area contributed by atoms with Crippen molar-refractivity contribution in [1.29, 1.82) is 0 Å². The second-order valence-electron chi connectivity index (χ2n) is 4.71. The van der Waals surface area contributed by atoms with Gasteiger partial charge in [-0.1, -0.05) is 13.8 Å². The zero-order valence-electron chi connectivity index (χ0n) is 12.3. The van der Waals surface area contributed by atoms with Gasteiger partial charge in [-0.3, -0.25) is 14.9 Å². The average Bonchev–Trinajstić information content (AvgIpc) is 2.82. The molecule has 116 valence electrons. The van der Waals surface area contributed by atoms with Crippen LogP contribution in [-0.4, -0.2) is 44.5 Å². The molecular weight excluding hydrogens is 278 g/mol. The first kappa shape index (κ1) is 16.7. The zero-order valence-corrected chi connectivity index (χ0v) is 12.3. The summed E-state index contributed by atoms with van der Waals surface area (Å²) in [5.41, 5.74) is -0.0469. The van der Waals surface area contributed by atoms with Crippen LogP contribution in [0.1, 0.15) is 37.2 Å². The lowest BCUT2D eigenvalue weighted by atomic mass is 10.2. The van der Waals surface area contributed by atoms with Crippen molar-refractivity contribution in [3.63, 3.8) is 0 Å². The number of likely N-dealkylation sites (N-methyl/N-ethyl adjacent to an activating group) is 1. The Morgan fingerprint density at radius 3 is 2.52 bits per heavy atom. The Hall–Kier alpha value is -2.38. The van der Waals surface area contributed by atoms with E-state index in [9.17, 15) is 19.7 Å². The lowest BCUT2D eigenvalue weighted by Crippen LogP contribution is -2.42. The molecule has 1 rings (SSSR count). The highest BCUT2D eigenvalue weighted by atomic mass is 16.6. The number of carbonyl (C=O) groups is 2. The van der Waals surface area contributed by atoms with Crippen LogP contribution in [0.5, 0.6) is 0 Å². The Morgan fingerprint density at radius 1 is 1.48 bits per heavy atom. The molecule has 0 bridgehead atoms. The first-order chi connectivity index (χ1) is 9.83. The molecule has 0 spiro atoms. The first-order valence-corrected chi connectivity index (χ1v) is 6.67. The van der Waals surface area contributed by atoms with E-state index in [1.807, 2.05) is 6.92 Å². The van der Waals surface area contributed by atoms with E-state index in [2.05, 4.69) is 0 Å². The minimum Gasteiger partial charge on any atom is -0.480 e. The van der Waals surface area contributed by atoms with Crippen LogP contribution in [0, 0.1) is 10.1 Å². The monoisotopic (exact) mass is 297 g/mol. The Labute approximate surface area is 122 Å². The molecule has 21 heavy (non-hydrogen) atoms. The fourth-order valence-electron chi connectivity index (χ4n) is 2.14. The summed E-state index contributed by atoms with van der Waals surface area (Å²) in [5, 5.41) is 19.9. The number of carboxylic acids is 1. The molecular formula is C13H19N3O5. The summed E-state index contributed by atoms with van der Waals surface area (Å²) in [7, 11) is 1.39. The maximum atomic E-state index is 12.4. The van der Waals surface area contributed by atoms with E-state index in [1.54, 1.807) is 6.92 Å². The predicted molar refractivity (Wildman–Crippen MR) is 75.2 cm³/mol. The number of rotatable bonds is 7. The minimum atomic E-state index is -1.10. The standard InChI is InChI=1S/C13H19N3O5/c1-4-6-15-8-9(16(20)21)7-11(15)12(17)14(3)10(5-2)13(18)19/h7-8,10H,4-6H2,1-3H3,(H,18,19). The Bertz CT molecular complexity index is 552. The van der Waals surface area contributed by atoms with Gasteiger partial charge in [-0.2, -0.15) is 0 Å². The van der Waals surface area contributed by atoms with Gasteiger partial charge >= 0.3 is 5.97 Å². The number of amides is 1. The Morgan fingerprint density at radius 2 is 2.10 bits per heavy atom. The maximum Gasteiger partial charge on any atom is 0.326 e. The van der Waals surface area contributed by atoms with E-state index in [0.29, 0.717) is 13.0 Å². The number of nitro groups is 1. The van der Waals surface area contributed by atoms with Gasteiger partial charge in [-0.15, -0.1) is 0 Å². The molecule has 8 heteroatoms. The number of nitrogens with zero attached hydrogens (tertiary/aromatic N) is 3. The molecule has 0 aromatic carbocycles. The normalized spacial score (nSPS) is 12.0. The summed E-state index contributed by atoms with van der Waals surface area (Å²) >= 11 is 0. The molecule has 8 nitrogen and oxygen atoms in total. The van der Waals surface area contributed by atoms with E-state index < -0.39 is 22.8 Å². The SMILES string of the molecule is CCCn1cc([N+](=O)[O-])cc1C(=O)N(C)C(CC)C(=O)O. The molecule has 0 saturated heterocycles. The van der Waals surface area contributed by atoms with Crippen molar-refractivity contribution in [3.8, 4) is 0 Å². The highest BCUT2D eigenvalue weighted by Crippen LogP contribution is 2.19. The molecule has 0 aliphatic rings. The van der Waals surface area contributed by atoms with E-state index in [0.717, 1.165) is 4.90 Å². The molecule has 0 aliphatic heterocycles. The molecule has 0 saturated carbocycles. The van der Waals surface area contributed by atoms with Crippen LogP contribution in [0.15, 0.2) is 12.3 Å². The highest BCUT2D eigenvalue weighted by Gasteiger charge is 2.28. The number of carboxylic acid groups (broad SMARTS) is 1. The molecule has 1 aromatic rings. The Kier molecular flexibility index (Phi) is 5.45. The fraction of sp³-hybridized carbons (Fsp3) is 0.538. The number of aryl methyl sites for hydroxylation is 1. The molecule has 1 unspecified atom stereocenters. The number of hydrogen-bond acceptors (Lipinski definition) is 4. The van der Waals surface area contributed by atoms with Crippen molar-refractivity contribution in [2.75, 3.05) is 7.05 Å². The van der Waals surface area contributed by atoms with Gasteiger partial charge in [0, 0.05) is 19.7 Å². The number of aromatic nitrogens is 1. The molecule has 1 amide bonds. The van der Waals surface area contributed by atoms with Crippen molar-refractivity contribution in [1.82, 2.24) is 9.47 Å². The maximum absolute atomic E-state index is 12.4. The smallest absolute Gasteiger partial charge is 0.326 e.